The van der Waals surface area contributed by atoms with E-state index in [0.29, 0.717) is 0 Å². The topological polar surface area (TPSA) is 74.4 Å². The van der Waals surface area contributed by atoms with Crippen LogP contribution in [0.3, 0.4) is 0 Å². The lowest BCUT2D eigenvalue weighted by molar-refractivity contribution is -0.137. The van der Waals surface area contributed by atoms with Crippen LogP contribution in [-0.2, 0) is 5.60 Å². The third-order valence-electron chi connectivity index (χ3n) is 3.66. The summed E-state index contributed by atoms with van der Waals surface area (Å²) in [5.74, 6) is -0.717. The van der Waals surface area contributed by atoms with Gasteiger partial charge in [0.25, 0.3) is 0 Å². The predicted molar refractivity (Wildman–Crippen MR) is 75.0 cm³/mol. The summed E-state index contributed by atoms with van der Waals surface area (Å²) in [6, 6.07) is 3.12. The van der Waals surface area contributed by atoms with E-state index >= 15 is 0 Å². The fourth-order valence-electron chi connectivity index (χ4n) is 2.33. The summed E-state index contributed by atoms with van der Waals surface area (Å²) in [7, 11) is 0. The van der Waals surface area contributed by atoms with Gasteiger partial charge in [-0.15, -0.1) is 0 Å². The number of rotatable bonds is 6. The highest BCUT2D eigenvalue weighted by Crippen LogP contribution is 2.40. The van der Waals surface area contributed by atoms with Gasteiger partial charge in [0.1, 0.15) is 5.60 Å². The normalized spacial score (nSPS) is 16.2. The summed E-state index contributed by atoms with van der Waals surface area (Å²) in [6.45, 7) is 11.8. The highest BCUT2D eigenvalue weighted by Gasteiger charge is 2.50. The van der Waals surface area contributed by atoms with Crippen molar-refractivity contribution in [3.63, 3.8) is 0 Å². The lowest BCUT2D eigenvalue weighted by Gasteiger charge is -2.22. The van der Waals surface area contributed by atoms with Crippen LogP contribution >= 0.6 is 0 Å². The first-order valence-electron chi connectivity index (χ1n) is 7.05. The van der Waals surface area contributed by atoms with E-state index in [-0.39, 0.29) is 17.9 Å². The molecule has 0 spiro atoms. The maximum atomic E-state index is 12.5. The summed E-state index contributed by atoms with van der Waals surface area (Å²) >= 11 is 0. The molecule has 0 radical (unpaired) electrons. The van der Waals surface area contributed by atoms with Gasteiger partial charge in [-0.1, -0.05) is 12.1 Å². The Morgan fingerprint density at radius 1 is 1.43 bits per heavy atom. The molecule has 0 saturated heterocycles. The first-order valence-corrected chi connectivity index (χ1v) is 7.05. The minimum atomic E-state index is -4.45. The maximum absolute atomic E-state index is 12.5. The molecule has 1 rings (SSSR count). The molecule has 0 fully saturated rings. The van der Waals surface area contributed by atoms with E-state index < -0.39 is 36.1 Å². The molecule has 1 aromatic rings. The van der Waals surface area contributed by atoms with Gasteiger partial charge in [0.05, 0.1) is 18.0 Å². The molecule has 1 heterocycles. The Balaban J connectivity index is 3.20. The first kappa shape index (κ1) is 19.0. The molecule has 0 amide bonds. The van der Waals surface area contributed by atoms with Gasteiger partial charge in [0.15, 0.2) is 11.8 Å². The third kappa shape index (κ3) is 4.46. The number of aliphatic hydroxyl groups is 1. The number of nitriles is 1. The second kappa shape index (κ2) is 6.59. The van der Waals surface area contributed by atoms with Gasteiger partial charge in [-0.3, -0.25) is 4.85 Å². The fourth-order valence-corrected chi connectivity index (χ4v) is 2.33. The molecular formula is C15H18F3N3O2. The monoisotopic (exact) mass is 329 g/mol. The van der Waals surface area contributed by atoms with E-state index in [9.17, 15) is 23.5 Å². The Morgan fingerprint density at radius 2 is 2.04 bits per heavy atom. The highest BCUT2D eigenvalue weighted by molar-refractivity contribution is 5.29. The number of hydrogen-bond acceptors (Lipinski definition) is 4. The zero-order valence-corrected chi connectivity index (χ0v) is 13.1. The Bertz CT molecular complexity index is 604. The maximum Gasteiger partial charge on any atom is 0.389 e. The van der Waals surface area contributed by atoms with Gasteiger partial charge in [-0.25, -0.2) is 6.57 Å². The number of halogens is 3. The highest BCUT2D eigenvalue weighted by atomic mass is 19.4. The third-order valence-corrected chi connectivity index (χ3v) is 3.66. The standard InChI is InChI=1S/C15H18F3N3O2/c1-5-10(11-8-12(23-21-11)13(2,3)22)14(9-19,20-4)6-7-15(16,17)18/h8,10,22H,5-7H2,1-3H3. The van der Waals surface area contributed by atoms with Crippen LogP contribution in [-0.4, -0.2) is 22.0 Å². The minimum Gasteiger partial charge on any atom is -0.382 e. The minimum absolute atomic E-state index is 0.124. The fraction of sp³-hybridized carbons (Fsp3) is 0.667. The van der Waals surface area contributed by atoms with Crippen LogP contribution in [0.1, 0.15) is 57.4 Å². The molecule has 0 saturated carbocycles. The van der Waals surface area contributed by atoms with Crippen molar-refractivity contribution in [3.8, 4) is 6.07 Å². The molecule has 0 aliphatic rings. The van der Waals surface area contributed by atoms with Gasteiger partial charge in [-0.05, 0) is 20.3 Å². The smallest absolute Gasteiger partial charge is 0.382 e. The van der Waals surface area contributed by atoms with Gasteiger partial charge in [0, 0.05) is 12.5 Å². The van der Waals surface area contributed by atoms with Crippen LogP contribution in [0, 0.1) is 17.9 Å². The van der Waals surface area contributed by atoms with Crippen LogP contribution in [0.5, 0.6) is 0 Å². The quantitative estimate of drug-likeness (QED) is 0.803. The molecular weight excluding hydrogens is 311 g/mol. The van der Waals surface area contributed by atoms with Crippen molar-refractivity contribution >= 4 is 0 Å². The van der Waals surface area contributed by atoms with Crippen molar-refractivity contribution in [2.75, 3.05) is 0 Å². The average molecular weight is 329 g/mol. The Morgan fingerprint density at radius 3 is 2.39 bits per heavy atom. The van der Waals surface area contributed by atoms with E-state index in [1.54, 1.807) is 13.0 Å². The van der Waals surface area contributed by atoms with Gasteiger partial charge in [-0.2, -0.15) is 18.4 Å². The largest absolute Gasteiger partial charge is 0.389 e. The van der Waals surface area contributed by atoms with Gasteiger partial charge in [0.2, 0.25) is 0 Å². The number of nitrogens with zero attached hydrogens (tertiary/aromatic N) is 3. The number of alkyl halides is 3. The van der Waals surface area contributed by atoms with E-state index in [2.05, 4.69) is 10.0 Å². The number of hydrogen-bond donors (Lipinski definition) is 1. The Kier molecular flexibility index (Phi) is 5.44. The molecule has 0 bridgehead atoms. The summed E-state index contributed by atoms with van der Waals surface area (Å²) < 4.78 is 42.5. The van der Waals surface area contributed by atoms with E-state index in [4.69, 9.17) is 11.1 Å². The predicted octanol–water partition coefficient (Wildman–Crippen LogP) is 3.92. The zero-order chi connectivity index (χ0) is 17.9. The molecule has 126 valence electrons. The molecule has 2 unspecified atom stereocenters. The number of aromatic nitrogens is 1. The van der Waals surface area contributed by atoms with Crippen LogP contribution < -0.4 is 0 Å². The molecule has 1 aromatic heterocycles. The second-order valence-electron chi connectivity index (χ2n) is 5.90. The molecule has 0 aliphatic carbocycles. The molecule has 0 aromatic carbocycles. The van der Waals surface area contributed by atoms with Crippen molar-refractivity contribution in [2.45, 2.75) is 63.3 Å². The molecule has 2 atom stereocenters. The second-order valence-corrected chi connectivity index (χ2v) is 5.90. The molecule has 0 aliphatic heterocycles. The van der Waals surface area contributed by atoms with E-state index in [0.717, 1.165) is 0 Å². The summed E-state index contributed by atoms with van der Waals surface area (Å²) in [6.07, 6.45) is -6.08. The van der Waals surface area contributed by atoms with Crippen molar-refractivity contribution in [1.29, 1.82) is 5.26 Å². The lowest BCUT2D eigenvalue weighted by Crippen LogP contribution is -2.33. The van der Waals surface area contributed by atoms with Gasteiger partial charge < -0.3 is 9.63 Å². The van der Waals surface area contributed by atoms with Crippen LogP contribution in [0.2, 0.25) is 0 Å². The van der Waals surface area contributed by atoms with Crippen LogP contribution in [0.4, 0.5) is 13.2 Å². The summed E-state index contributed by atoms with van der Waals surface area (Å²) in [4.78, 5) is 3.20. The summed E-state index contributed by atoms with van der Waals surface area (Å²) in [5, 5.41) is 23.0. The van der Waals surface area contributed by atoms with Crippen LogP contribution in [0.25, 0.3) is 4.85 Å². The molecule has 8 heteroatoms. The van der Waals surface area contributed by atoms with Gasteiger partial charge >= 0.3 is 11.7 Å². The average Bonchev–Trinajstić information content (AvgIpc) is 2.92. The molecule has 5 nitrogen and oxygen atoms in total. The Hall–Kier alpha value is -2.06. The van der Waals surface area contributed by atoms with Crippen molar-refractivity contribution < 1.29 is 22.8 Å². The molecule has 23 heavy (non-hydrogen) atoms. The molecule has 1 N–H and O–H groups in total. The van der Waals surface area contributed by atoms with Crippen molar-refractivity contribution in [3.05, 3.63) is 28.9 Å². The van der Waals surface area contributed by atoms with E-state index in [1.165, 1.54) is 19.9 Å². The van der Waals surface area contributed by atoms with Crippen LogP contribution in [0.15, 0.2) is 10.6 Å². The first-order chi connectivity index (χ1) is 10.5. The van der Waals surface area contributed by atoms with Crippen molar-refractivity contribution in [1.82, 2.24) is 5.16 Å². The summed E-state index contributed by atoms with van der Waals surface area (Å²) in [5.41, 5.74) is -3.00. The van der Waals surface area contributed by atoms with E-state index in [1.807, 2.05) is 0 Å². The Labute approximate surface area is 132 Å². The lowest BCUT2D eigenvalue weighted by atomic mass is 9.78. The zero-order valence-electron chi connectivity index (χ0n) is 13.1. The SMILES string of the molecule is [C-]#[N+]C(C#N)(CCC(F)(F)F)C(CC)c1cc(C(C)(C)O)on1. The van der Waals surface area contributed by atoms with Crippen molar-refractivity contribution in [2.24, 2.45) is 0 Å².